The average Bonchev–Trinajstić information content (AvgIpc) is 3.11. The van der Waals surface area contributed by atoms with Crippen LogP contribution in [0.3, 0.4) is 0 Å². The SMILES string of the molecule is CCCN1CCC(n2cc(C=C(F)B3OC(C)(C)C(C)(C)O3)nn2)CC1. The molecule has 2 fully saturated rings. The van der Waals surface area contributed by atoms with E-state index < -0.39 is 24.0 Å². The van der Waals surface area contributed by atoms with Crippen LogP contribution in [-0.4, -0.2) is 57.8 Å². The standard InChI is InChI=1S/C18H30BFN4O2/c1-6-9-23-10-7-15(8-11-23)24-13-14(21-22-24)12-16(20)19-25-17(2,3)18(4,5)26-19/h12-13,15H,6-11H2,1-5H3. The molecule has 2 aliphatic rings. The summed E-state index contributed by atoms with van der Waals surface area (Å²) in [6.45, 7) is 13.1. The van der Waals surface area contributed by atoms with Crippen molar-refractivity contribution < 1.29 is 13.7 Å². The van der Waals surface area contributed by atoms with Crippen LogP contribution in [0.4, 0.5) is 4.39 Å². The zero-order chi connectivity index (χ0) is 18.9. The number of hydrogen-bond donors (Lipinski definition) is 0. The lowest BCUT2D eigenvalue weighted by Crippen LogP contribution is -2.41. The van der Waals surface area contributed by atoms with Gasteiger partial charge in [0.1, 0.15) is 11.4 Å². The molecule has 2 saturated heterocycles. The average molecular weight is 364 g/mol. The number of hydrogen-bond acceptors (Lipinski definition) is 5. The van der Waals surface area contributed by atoms with Crippen LogP contribution in [-0.2, 0) is 9.31 Å². The Hall–Kier alpha value is -1.25. The van der Waals surface area contributed by atoms with Gasteiger partial charge in [0.05, 0.1) is 23.4 Å². The monoisotopic (exact) mass is 364 g/mol. The first-order valence-electron chi connectivity index (χ1n) is 9.59. The first-order chi connectivity index (χ1) is 12.2. The fourth-order valence-corrected chi connectivity index (χ4v) is 3.42. The Morgan fingerprint density at radius 2 is 1.88 bits per heavy atom. The molecule has 144 valence electrons. The van der Waals surface area contributed by atoms with Gasteiger partial charge in [0.25, 0.3) is 0 Å². The molecule has 3 rings (SSSR count). The van der Waals surface area contributed by atoms with Gasteiger partial charge >= 0.3 is 7.12 Å². The van der Waals surface area contributed by atoms with E-state index in [4.69, 9.17) is 9.31 Å². The summed E-state index contributed by atoms with van der Waals surface area (Å²) in [5.41, 5.74) is -1.11. The second-order valence-corrected chi connectivity index (χ2v) is 8.31. The van der Waals surface area contributed by atoms with Gasteiger partial charge in [-0.1, -0.05) is 12.1 Å². The second kappa shape index (κ2) is 7.41. The van der Waals surface area contributed by atoms with Gasteiger partial charge in [0.2, 0.25) is 0 Å². The molecular formula is C18H30BFN4O2. The van der Waals surface area contributed by atoms with Crippen molar-refractivity contribution in [1.82, 2.24) is 19.9 Å². The van der Waals surface area contributed by atoms with E-state index in [1.54, 1.807) is 0 Å². The third-order valence-corrected chi connectivity index (χ3v) is 5.76. The van der Waals surface area contributed by atoms with Gasteiger partial charge in [-0.05, 0) is 59.6 Å². The van der Waals surface area contributed by atoms with Gasteiger partial charge in [0.15, 0.2) is 0 Å². The van der Waals surface area contributed by atoms with Crippen molar-refractivity contribution in [2.75, 3.05) is 19.6 Å². The lowest BCUT2D eigenvalue weighted by Gasteiger charge is -2.32. The minimum Gasteiger partial charge on any atom is -0.398 e. The van der Waals surface area contributed by atoms with E-state index >= 15 is 0 Å². The first kappa shape index (κ1) is 19.5. The fourth-order valence-electron chi connectivity index (χ4n) is 3.42. The van der Waals surface area contributed by atoms with Gasteiger partial charge in [-0.25, -0.2) is 9.07 Å². The van der Waals surface area contributed by atoms with Crippen LogP contribution in [0.15, 0.2) is 11.9 Å². The van der Waals surface area contributed by atoms with Gasteiger partial charge < -0.3 is 14.2 Å². The normalized spacial score (nSPS) is 24.4. The second-order valence-electron chi connectivity index (χ2n) is 8.31. The van der Waals surface area contributed by atoms with Gasteiger partial charge in [-0.3, -0.25) is 0 Å². The molecule has 8 heteroatoms. The lowest BCUT2D eigenvalue weighted by molar-refractivity contribution is 0.00578. The summed E-state index contributed by atoms with van der Waals surface area (Å²) < 4.78 is 27.9. The van der Waals surface area contributed by atoms with Crippen LogP contribution in [0.25, 0.3) is 6.08 Å². The number of aromatic nitrogens is 3. The van der Waals surface area contributed by atoms with E-state index in [0.717, 1.165) is 32.5 Å². The summed E-state index contributed by atoms with van der Waals surface area (Å²) in [5, 5.41) is 8.31. The van der Waals surface area contributed by atoms with Crippen LogP contribution >= 0.6 is 0 Å². The molecular weight excluding hydrogens is 334 g/mol. The molecule has 0 aliphatic carbocycles. The maximum Gasteiger partial charge on any atom is 0.525 e. The molecule has 0 spiro atoms. The molecule has 2 aliphatic heterocycles. The van der Waals surface area contributed by atoms with Gasteiger partial charge in [0, 0.05) is 13.1 Å². The molecule has 26 heavy (non-hydrogen) atoms. The summed E-state index contributed by atoms with van der Waals surface area (Å²) >= 11 is 0. The van der Waals surface area contributed by atoms with Crippen molar-refractivity contribution >= 4 is 13.2 Å². The summed E-state index contributed by atoms with van der Waals surface area (Å²) in [4.78, 5) is 2.48. The van der Waals surface area contributed by atoms with Crippen molar-refractivity contribution in [1.29, 1.82) is 0 Å². The van der Waals surface area contributed by atoms with Crippen molar-refractivity contribution in [3.63, 3.8) is 0 Å². The molecule has 1 aromatic rings. The lowest BCUT2D eigenvalue weighted by atomic mass is 9.87. The first-order valence-corrected chi connectivity index (χ1v) is 9.59. The van der Waals surface area contributed by atoms with Crippen molar-refractivity contribution in [3.8, 4) is 0 Å². The predicted octanol–water partition coefficient (Wildman–Crippen LogP) is 3.27. The van der Waals surface area contributed by atoms with E-state index in [2.05, 4.69) is 22.1 Å². The Balaban J connectivity index is 1.63. The molecule has 0 amide bonds. The highest BCUT2D eigenvalue weighted by Gasteiger charge is 2.53. The summed E-state index contributed by atoms with van der Waals surface area (Å²) in [6.07, 6.45) is 6.45. The van der Waals surface area contributed by atoms with Crippen molar-refractivity contribution in [3.05, 3.63) is 17.6 Å². The highest BCUT2D eigenvalue weighted by molar-refractivity contribution is 6.54. The topological polar surface area (TPSA) is 52.4 Å². The molecule has 0 aromatic carbocycles. The van der Waals surface area contributed by atoms with E-state index in [-0.39, 0.29) is 0 Å². The Labute approximate surface area is 155 Å². The van der Waals surface area contributed by atoms with E-state index in [1.165, 1.54) is 12.5 Å². The number of likely N-dealkylation sites (tertiary alicyclic amines) is 1. The van der Waals surface area contributed by atoms with Crippen LogP contribution in [0.1, 0.15) is 65.6 Å². The van der Waals surface area contributed by atoms with E-state index in [9.17, 15) is 4.39 Å². The molecule has 0 radical (unpaired) electrons. The summed E-state index contributed by atoms with van der Waals surface area (Å²) in [6, 6.07) is 0.331. The minimum atomic E-state index is -0.998. The summed E-state index contributed by atoms with van der Waals surface area (Å²) in [7, 11) is -0.998. The van der Waals surface area contributed by atoms with Crippen LogP contribution in [0.5, 0.6) is 0 Å². The molecule has 1 aromatic heterocycles. The van der Waals surface area contributed by atoms with Crippen molar-refractivity contribution in [2.45, 2.75) is 71.1 Å². The van der Waals surface area contributed by atoms with Gasteiger partial charge in [-0.15, -0.1) is 5.10 Å². The van der Waals surface area contributed by atoms with Crippen LogP contribution in [0.2, 0.25) is 0 Å². The number of halogens is 1. The molecule has 6 nitrogen and oxygen atoms in total. The van der Waals surface area contributed by atoms with E-state index in [1.807, 2.05) is 38.6 Å². The van der Waals surface area contributed by atoms with E-state index in [0.29, 0.717) is 11.7 Å². The highest BCUT2D eigenvalue weighted by Crippen LogP contribution is 2.39. The predicted molar refractivity (Wildman–Crippen MR) is 100 cm³/mol. The fraction of sp³-hybridized carbons (Fsp3) is 0.778. The summed E-state index contributed by atoms with van der Waals surface area (Å²) in [5.74, 6) is 0. The molecule has 0 unspecified atom stereocenters. The Bertz CT molecular complexity index is 637. The third-order valence-electron chi connectivity index (χ3n) is 5.76. The highest BCUT2D eigenvalue weighted by atomic mass is 19.1. The van der Waals surface area contributed by atoms with Crippen LogP contribution < -0.4 is 0 Å². The van der Waals surface area contributed by atoms with Crippen molar-refractivity contribution in [2.24, 2.45) is 0 Å². The molecule has 3 heterocycles. The molecule has 0 bridgehead atoms. The molecule has 0 saturated carbocycles. The Morgan fingerprint density at radius 3 is 2.46 bits per heavy atom. The molecule has 0 atom stereocenters. The Morgan fingerprint density at radius 1 is 1.27 bits per heavy atom. The maximum absolute atomic E-state index is 14.6. The quantitative estimate of drug-likeness (QED) is 0.751. The largest absolute Gasteiger partial charge is 0.525 e. The number of nitrogens with zero attached hydrogens (tertiary/aromatic N) is 4. The number of rotatable bonds is 5. The minimum absolute atomic E-state index is 0.331. The molecule has 0 N–H and O–H groups in total. The maximum atomic E-state index is 14.6. The zero-order valence-electron chi connectivity index (χ0n) is 16.5. The smallest absolute Gasteiger partial charge is 0.398 e. The third kappa shape index (κ3) is 4.02. The van der Waals surface area contributed by atoms with Gasteiger partial charge in [-0.2, -0.15) is 0 Å². The zero-order valence-corrected chi connectivity index (χ0v) is 16.5. The van der Waals surface area contributed by atoms with Crippen LogP contribution in [0, 0.1) is 0 Å². The number of piperidine rings is 1. The Kier molecular flexibility index (Phi) is 5.56.